The van der Waals surface area contributed by atoms with Crippen molar-refractivity contribution in [3.63, 3.8) is 0 Å². The summed E-state index contributed by atoms with van der Waals surface area (Å²) in [5, 5.41) is 0. The van der Waals surface area contributed by atoms with Gasteiger partial charge in [-0.05, 0) is 44.0 Å². The van der Waals surface area contributed by atoms with Gasteiger partial charge in [-0.2, -0.15) is 0 Å². The van der Waals surface area contributed by atoms with E-state index >= 15 is 0 Å². The van der Waals surface area contributed by atoms with Crippen LogP contribution in [-0.2, 0) is 18.3 Å². The zero-order valence-corrected chi connectivity index (χ0v) is 14.9. The fraction of sp³-hybridized carbons (Fsp3) is 0.350. The van der Waals surface area contributed by atoms with E-state index in [9.17, 15) is 9.59 Å². The lowest BCUT2D eigenvalue weighted by Gasteiger charge is -2.15. The number of aryl methyl sites for hydroxylation is 2. The molecule has 0 aliphatic carbocycles. The Kier molecular flexibility index (Phi) is 4.20. The first-order valence-corrected chi connectivity index (χ1v) is 8.81. The molecule has 1 aromatic carbocycles. The molecule has 1 fully saturated rings. The molecule has 1 saturated heterocycles. The average molecular weight is 351 g/mol. The summed E-state index contributed by atoms with van der Waals surface area (Å²) in [4.78, 5) is 28.0. The maximum atomic E-state index is 12.0. The van der Waals surface area contributed by atoms with Crippen molar-refractivity contribution in [2.24, 2.45) is 7.05 Å². The second-order valence-electron chi connectivity index (χ2n) is 6.87. The molecule has 2 aromatic heterocycles. The fourth-order valence-corrected chi connectivity index (χ4v) is 3.62. The highest BCUT2D eigenvalue weighted by Gasteiger charge is 2.21. The molecule has 0 amide bonds. The first-order chi connectivity index (χ1) is 12.6. The van der Waals surface area contributed by atoms with Crippen LogP contribution >= 0.6 is 0 Å². The fourth-order valence-electron chi connectivity index (χ4n) is 3.62. The van der Waals surface area contributed by atoms with Gasteiger partial charge in [0.05, 0.1) is 23.7 Å². The van der Waals surface area contributed by atoms with Crippen molar-refractivity contribution in [3.05, 3.63) is 51.9 Å². The molecule has 6 nitrogen and oxygen atoms in total. The van der Waals surface area contributed by atoms with Crippen molar-refractivity contribution >= 4 is 17.3 Å². The predicted octanol–water partition coefficient (Wildman–Crippen LogP) is 2.70. The molecule has 3 aromatic rings. The van der Waals surface area contributed by atoms with Crippen LogP contribution in [0.2, 0.25) is 0 Å². The molecule has 26 heavy (non-hydrogen) atoms. The van der Waals surface area contributed by atoms with E-state index in [1.807, 2.05) is 25.3 Å². The lowest BCUT2D eigenvalue weighted by molar-refractivity contribution is 0.0982. The van der Waals surface area contributed by atoms with Gasteiger partial charge in [0.15, 0.2) is 0 Å². The third-order valence-electron chi connectivity index (χ3n) is 4.94. The number of imidazole rings is 1. The predicted molar refractivity (Wildman–Crippen MR) is 99.5 cm³/mol. The van der Waals surface area contributed by atoms with Gasteiger partial charge in [-0.1, -0.05) is 0 Å². The topological polar surface area (TPSA) is 66.1 Å². The van der Waals surface area contributed by atoms with Crippen LogP contribution in [0.1, 0.15) is 28.8 Å². The lowest BCUT2D eigenvalue weighted by Crippen LogP contribution is -2.20. The molecular formula is C20H21N3O3. The summed E-state index contributed by atoms with van der Waals surface area (Å²) < 4.78 is 9.54. The van der Waals surface area contributed by atoms with E-state index in [0.717, 1.165) is 48.2 Å². The van der Waals surface area contributed by atoms with E-state index in [4.69, 9.17) is 9.72 Å². The van der Waals surface area contributed by atoms with E-state index < -0.39 is 0 Å². The molecule has 0 saturated carbocycles. The average Bonchev–Trinajstić information content (AvgIpc) is 3.27. The molecule has 1 aliphatic heterocycles. The Balaban J connectivity index is 1.91. The van der Waals surface area contributed by atoms with E-state index in [-0.39, 0.29) is 11.7 Å². The van der Waals surface area contributed by atoms with E-state index in [2.05, 4.69) is 4.57 Å². The third-order valence-corrected chi connectivity index (χ3v) is 4.94. The second-order valence-corrected chi connectivity index (χ2v) is 6.87. The molecule has 1 aliphatic rings. The number of hydrogen-bond donors (Lipinski definition) is 0. The zero-order valence-electron chi connectivity index (χ0n) is 14.9. The largest absolute Gasteiger partial charge is 0.376 e. The normalized spacial score (nSPS) is 17.1. The van der Waals surface area contributed by atoms with Gasteiger partial charge in [0.25, 0.3) is 5.56 Å². The first kappa shape index (κ1) is 16.7. The molecule has 6 heteroatoms. The minimum Gasteiger partial charge on any atom is -0.376 e. The number of benzene rings is 1. The Hall–Kier alpha value is -2.73. The number of ether oxygens (including phenoxy) is 1. The van der Waals surface area contributed by atoms with Gasteiger partial charge in [-0.25, -0.2) is 4.98 Å². The summed E-state index contributed by atoms with van der Waals surface area (Å²) >= 11 is 0. The van der Waals surface area contributed by atoms with Gasteiger partial charge in [0.1, 0.15) is 12.1 Å². The number of aromatic nitrogens is 3. The van der Waals surface area contributed by atoms with Crippen molar-refractivity contribution in [2.75, 3.05) is 6.61 Å². The SMILES string of the molecule is Cc1cc(-c2nc3cc(C=O)ccc3n2CC2CCCO2)cn(C)c1=O. The Morgan fingerprint density at radius 3 is 2.88 bits per heavy atom. The second kappa shape index (κ2) is 6.53. The van der Waals surface area contributed by atoms with Gasteiger partial charge in [0.2, 0.25) is 0 Å². The molecule has 0 bridgehead atoms. The first-order valence-electron chi connectivity index (χ1n) is 8.81. The minimum atomic E-state index is -0.0150. The van der Waals surface area contributed by atoms with Gasteiger partial charge < -0.3 is 13.9 Å². The Labute approximate surface area is 151 Å². The quantitative estimate of drug-likeness (QED) is 0.678. The van der Waals surface area contributed by atoms with Crippen molar-refractivity contribution in [2.45, 2.75) is 32.4 Å². The summed E-state index contributed by atoms with van der Waals surface area (Å²) in [6, 6.07) is 7.40. The summed E-state index contributed by atoms with van der Waals surface area (Å²) in [5.74, 6) is 0.789. The van der Waals surface area contributed by atoms with Crippen molar-refractivity contribution in [3.8, 4) is 11.4 Å². The molecule has 134 valence electrons. The van der Waals surface area contributed by atoms with Gasteiger partial charge in [0, 0.05) is 36.5 Å². The molecule has 0 spiro atoms. The molecule has 0 radical (unpaired) electrons. The van der Waals surface area contributed by atoms with Crippen molar-refractivity contribution in [1.82, 2.24) is 14.1 Å². The highest BCUT2D eigenvalue weighted by Crippen LogP contribution is 2.27. The minimum absolute atomic E-state index is 0.0150. The molecule has 1 atom stereocenters. The van der Waals surface area contributed by atoms with Crippen molar-refractivity contribution in [1.29, 1.82) is 0 Å². The van der Waals surface area contributed by atoms with Gasteiger partial charge in [-0.15, -0.1) is 0 Å². The number of nitrogens with zero attached hydrogens (tertiary/aromatic N) is 3. The maximum Gasteiger partial charge on any atom is 0.253 e. The Bertz CT molecular complexity index is 1020. The Morgan fingerprint density at radius 2 is 2.19 bits per heavy atom. The van der Waals surface area contributed by atoms with Crippen molar-refractivity contribution < 1.29 is 9.53 Å². The number of rotatable bonds is 4. The number of fused-ring (bicyclic) bond motifs is 1. The van der Waals surface area contributed by atoms with E-state index in [1.165, 1.54) is 0 Å². The zero-order chi connectivity index (χ0) is 18.3. The van der Waals surface area contributed by atoms with Crippen LogP contribution in [0.15, 0.2) is 35.3 Å². The van der Waals surface area contributed by atoms with E-state index in [1.54, 1.807) is 23.7 Å². The van der Waals surface area contributed by atoms with Crippen LogP contribution in [0.3, 0.4) is 0 Å². The number of carbonyl (C=O) groups is 1. The van der Waals surface area contributed by atoms with Gasteiger partial charge >= 0.3 is 0 Å². The summed E-state index contributed by atoms with van der Waals surface area (Å²) in [7, 11) is 1.75. The third kappa shape index (κ3) is 2.86. The molecule has 4 rings (SSSR count). The standard InChI is InChI=1S/C20H21N3O3/c1-13-8-15(10-22(2)20(13)25)19-21-17-9-14(12-24)5-6-18(17)23(19)11-16-4-3-7-26-16/h5-6,8-10,12,16H,3-4,7,11H2,1-2H3. The van der Waals surface area contributed by atoms with Crippen LogP contribution in [0.5, 0.6) is 0 Å². The highest BCUT2D eigenvalue weighted by molar-refractivity contribution is 5.87. The monoisotopic (exact) mass is 351 g/mol. The van der Waals surface area contributed by atoms with Crippen LogP contribution in [0.4, 0.5) is 0 Å². The Morgan fingerprint density at radius 1 is 1.35 bits per heavy atom. The molecular weight excluding hydrogens is 330 g/mol. The number of carbonyl (C=O) groups excluding carboxylic acids is 1. The number of hydrogen-bond acceptors (Lipinski definition) is 4. The van der Waals surface area contributed by atoms with Crippen LogP contribution in [-0.4, -0.2) is 33.1 Å². The van der Waals surface area contributed by atoms with E-state index in [0.29, 0.717) is 17.7 Å². The van der Waals surface area contributed by atoms with Crippen LogP contribution in [0.25, 0.3) is 22.4 Å². The smallest absolute Gasteiger partial charge is 0.253 e. The highest BCUT2D eigenvalue weighted by atomic mass is 16.5. The maximum absolute atomic E-state index is 12.0. The molecule has 0 N–H and O–H groups in total. The summed E-state index contributed by atoms with van der Waals surface area (Å²) in [6.07, 6.45) is 4.89. The van der Waals surface area contributed by atoms with Gasteiger partial charge in [-0.3, -0.25) is 9.59 Å². The van der Waals surface area contributed by atoms with Crippen LogP contribution in [0, 0.1) is 6.92 Å². The van der Waals surface area contributed by atoms with Crippen LogP contribution < -0.4 is 5.56 Å². The summed E-state index contributed by atoms with van der Waals surface area (Å²) in [5.41, 5.74) is 3.88. The number of pyridine rings is 1. The lowest BCUT2D eigenvalue weighted by atomic mass is 10.2. The number of aldehydes is 1. The molecule has 3 heterocycles. The molecule has 1 unspecified atom stereocenters. The summed E-state index contributed by atoms with van der Waals surface area (Å²) in [6.45, 7) is 3.30.